The maximum atomic E-state index is 13.4. The molecule has 2 aliphatic heterocycles. The number of rotatable bonds is 10. The number of thiophene rings is 1. The number of nitrogens with zero attached hydrogens (tertiary/aromatic N) is 3. The van der Waals surface area contributed by atoms with Gasteiger partial charge in [0.15, 0.2) is 5.66 Å². The summed E-state index contributed by atoms with van der Waals surface area (Å²) in [6.45, 7) is 0.559. The van der Waals surface area contributed by atoms with E-state index in [1.807, 2.05) is 0 Å². The molecule has 3 heterocycles. The number of halogens is 1. The lowest BCUT2D eigenvalue weighted by Crippen LogP contribution is -2.66. The molecular formula is C24H25ClN4O8S. The van der Waals surface area contributed by atoms with Crippen LogP contribution in [0.1, 0.15) is 16.1 Å². The second kappa shape index (κ2) is 11.5. The molecular weight excluding hydrogens is 540 g/mol. The third-order valence-corrected chi connectivity index (χ3v) is 7.57. The third kappa shape index (κ3) is 5.36. The summed E-state index contributed by atoms with van der Waals surface area (Å²) < 4.78 is 11.0. The molecule has 0 unspecified atom stereocenters. The van der Waals surface area contributed by atoms with Gasteiger partial charge in [-0.2, -0.15) is 0 Å². The first-order valence-corrected chi connectivity index (χ1v) is 12.8. The molecule has 2 fully saturated rings. The van der Waals surface area contributed by atoms with Crippen molar-refractivity contribution < 1.29 is 38.6 Å². The largest absolute Gasteiger partial charge is 0.478 e. The lowest BCUT2D eigenvalue weighted by Gasteiger charge is -2.40. The number of benzene rings is 1. The Kier molecular flexibility index (Phi) is 8.31. The van der Waals surface area contributed by atoms with Gasteiger partial charge in [0.05, 0.1) is 35.3 Å². The number of nitrogens with one attached hydrogen (secondary N) is 1. The number of cyclic esters (lactones) is 1. The molecule has 0 spiro atoms. The lowest BCUT2D eigenvalue weighted by molar-refractivity contribution is -0.154. The number of likely N-dealkylation sites (N-methyl/N-ethyl adjacent to an activating group) is 1. The normalized spacial score (nSPS) is 19.2. The molecule has 12 nitrogen and oxygen atoms in total. The second-order valence-electron chi connectivity index (χ2n) is 8.54. The molecule has 2 N–H and O–H groups in total. The number of morpholine rings is 1. The first-order chi connectivity index (χ1) is 18.2. The SMILES string of the molecule is CN[C@@](CC=O)(C(=O)O)N(C[C@H]1CN(c2ccc(N3CCOCC3=O)cc2)C(=O)O1)C(=O)c1ccc(Cl)s1. The topological polar surface area (TPSA) is 146 Å². The predicted molar refractivity (Wildman–Crippen MR) is 138 cm³/mol. The number of hydrogen-bond donors (Lipinski definition) is 2. The van der Waals surface area contributed by atoms with E-state index in [2.05, 4.69) is 5.32 Å². The number of amides is 3. The van der Waals surface area contributed by atoms with E-state index < -0.39 is 36.2 Å². The minimum atomic E-state index is -2.08. The van der Waals surface area contributed by atoms with Gasteiger partial charge in [-0.3, -0.25) is 19.8 Å². The summed E-state index contributed by atoms with van der Waals surface area (Å²) in [5.74, 6) is -2.30. The smallest absolute Gasteiger partial charge is 0.414 e. The van der Waals surface area contributed by atoms with E-state index in [1.54, 1.807) is 29.2 Å². The standard InChI is InChI=1S/C24H25ClN4O8S/c1-26-24(8-10-30,22(33)34)29(21(32)18-6-7-19(25)38-18)13-17-12-28(23(35)37-17)16-4-2-15(3-5-16)27-9-11-36-14-20(27)31/h2-7,10,17,26H,8-9,11-14H2,1H3,(H,33,34)/t17-,24-/m1/s1. The molecule has 1 aromatic heterocycles. The first-order valence-electron chi connectivity index (χ1n) is 11.6. The van der Waals surface area contributed by atoms with E-state index in [1.165, 1.54) is 24.1 Å². The van der Waals surface area contributed by atoms with Gasteiger partial charge < -0.3 is 29.2 Å². The van der Waals surface area contributed by atoms with E-state index in [4.69, 9.17) is 21.1 Å². The molecule has 0 radical (unpaired) electrons. The summed E-state index contributed by atoms with van der Waals surface area (Å²) in [6, 6.07) is 9.70. The molecule has 4 rings (SSSR count). The van der Waals surface area contributed by atoms with Gasteiger partial charge in [0.25, 0.3) is 11.8 Å². The van der Waals surface area contributed by atoms with Crippen molar-refractivity contribution >= 4 is 64.5 Å². The quantitative estimate of drug-likeness (QED) is 0.326. The maximum absolute atomic E-state index is 13.4. The number of aldehydes is 1. The van der Waals surface area contributed by atoms with Crippen LogP contribution in [-0.4, -0.2) is 91.8 Å². The van der Waals surface area contributed by atoms with Crippen molar-refractivity contribution in [1.82, 2.24) is 10.2 Å². The Morgan fingerprint density at radius 3 is 2.45 bits per heavy atom. The number of carboxylic acids is 1. The second-order valence-corrected chi connectivity index (χ2v) is 10.3. The van der Waals surface area contributed by atoms with Crippen LogP contribution < -0.4 is 15.1 Å². The molecule has 0 bridgehead atoms. The van der Waals surface area contributed by atoms with Gasteiger partial charge in [-0.25, -0.2) is 9.59 Å². The summed E-state index contributed by atoms with van der Waals surface area (Å²) in [4.78, 5) is 66.2. The van der Waals surface area contributed by atoms with Crippen LogP contribution in [-0.2, 0) is 23.9 Å². The fourth-order valence-electron chi connectivity index (χ4n) is 4.39. The van der Waals surface area contributed by atoms with Crippen LogP contribution in [0.15, 0.2) is 36.4 Å². The van der Waals surface area contributed by atoms with Crippen molar-refractivity contribution in [2.45, 2.75) is 18.2 Å². The van der Waals surface area contributed by atoms with E-state index in [9.17, 15) is 29.1 Å². The summed E-state index contributed by atoms with van der Waals surface area (Å²) in [7, 11) is 1.33. The highest BCUT2D eigenvalue weighted by atomic mass is 35.5. The average molecular weight is 565 g/mol. The monoisotopic (exact) mass is 564 g/mol. The molecule has 2 aromatic rings. The minimum Gasteiger partial charge on any atom is -0.478 e. The maximum Gasteiger partial charge on any atom is 0.414 e. The van der Waals surface area contributed by atoms with Gasteiger partial charge >= 0.3 is 12.1 Å². The highest BCUT2D eigenvalue weighted by Gasteiger charge is 2.48. The van der Waals surface area contributed by atoms with Gasteiger partial charge in [0.1, 0.15) is 19.0 Å². The fourth-order valence-corrected chi connectivity index (χ4v) is 5.38. The summed E-state index contributed by atoms with van der Waals surface area (Å²) in [5.41, 5.74) is -0.927. The van der Waals surface area contributed by atoms with Crippen molar-refractivity contribution in [3.05, 3.63) is 45.6 Å². The molecule has 14 heteroatoms. The van der Waals surface area contributed by atoms with E-state index in [0.29, 0.717) is 35.1 Å². The number of aliphatic carboxylic acids is 1. The van der Waals surface area contributed by atoms with Crippen molar-refractivity contribution in [2.75, 3.05) is 49.7 Å². The number of carboxylic acid groups (broad SMARTS) is 1. The Hall–Kier alpha value is -3.52. The van der Waals surface area contributed by atoms with Crippen LogP contribution in [0.25, 0.3) is 0 Å². The Labute approximate surface area is 226 Å². The Morgan fingerprint density at radius 1 is 1.21 bits per heavy atom. The molecule has 38 heavy (non-hydrogen) atoms. The number of hydrogen-bond acceptors (Lipinski definition) is 9. The zero-order valence-corrected chi connectivity index (χ0v) is 21.9. The number of ether oxygens (including phenoxy) is 2. The summed E-state index contributed by atoms with van der Waals surface area (Å²) in [5, 5.41) is 12.6. The van der Waals surface area contributed by atoms with Crippen LogP contribution >= 0.6 is 22.9 Å². The Morgan fingerprint density at radius 2 is 1.89 bits per heavy atom. The Bertz CT molecular complexity index is 1240. The van der Waals surface area contributed by atoms with Crippen molar-refractivity contribution in [2.24, 2.45) is 0 Å². The average Bonchev–Trinajstić information content (AvgIpc) is 3.51. The predicted octanol–water partition coefficient (Wildman–Crippen LogP) is 1.82. The van der Waals surface area contributed by atoms with Gasteiger partial charge in [0, 0.05) is 17.9 Å². The highest BCUT2D eigenvalue weighted by Crippen LogP contribution is 2.30. The van der Waals surface area contributed by atoms with E-state index in [-0.39, 0.29) is 30.5 Å². The molecule has 202 valence electrons. The zero-order chi connectivity index (χ0) is 27.4. The molecule has 1 aromatic carbocycles. The fraction of sp³-hybridized carbons (Fsp3) is 0.375. The molecule has 0 saturated carbocycles. The van der Waals surface area contributed by atoms with Crippen molar-refractivity contribution in [3.8, 4) is 0 Å². The minimum absolute atomic E-state index is 0.00331. The van der Waals surface area contributed by atoms with Crippen LogP contribution in [0.2, 0.25) is 4.34 Å². The van der Waals surface area contributed by atoms with Gasteiger partial charge in [-0.05, 0) is 43.4 Å². The molecule has 3 amide bonds. The van der Waals surface area contributed by atoms with Crippen molar-refractivity contribution in [3.63, 3.8) is 0 Å². The van der Waals surface area contributed by atoms with Crippen LogP contribution in [0.3, 0.4) is 0 Å². The molecule has 0 aliphatic carbocycles. The van der Waals surface area contributed by atoms with Gasteiger partial charge in [-0.15, -0.1) is 11.3 Å². The first kappa shape index (κ1) is 27.5. The number of carbonyl (C=O) groups is 5. The van der Waals surface area contributed by atoms with Crippen LogP contribution in [0, 0.1) is 0 Å². The van der Waals surface area contributed by atoms with Gasteiger partial charge in [-0.1, -0.05) is 11.6 Å². The number of carbonyl (C=O) groups excluding carboxylic acids is 4. The van der Waals surface area contributed by atoms with E-state index >= 15 is 0 Å². The lowest BCUT2D eigenvalue weighted by atomic mass is 10.0. The third-order valence-electron chi connectivity index (χ3n) is 6.36. The molecule has 2 aliphatic rings. The van der Waals surface area contributed by atoms with Gasteiger partial charge in [0.2, 0.25) is 0 Å². The number of anilines is 2. The summed E-state index contributed by atoms with van der Waals surface area (Å²) in [6.07, 6.45) is -1.73. The van der Waals surface area contributed by atoms with Crippen LogP contribution in [0.5, 0.6) is 0 Å². The van der Waals surface area contributed by atoms with E-state index in [0.717, 1.165) is 16.2 Å². The molecule has 2 saturated heterocycles. The zero-order valence-electron chi connectivity index (χ0n) is 20.3. The Balaban J connectivity index is 1.56. The van der Waals surface area contributed by atoms with Crippen LogP contribution in [0.4, 0.5) is 16.2 Å². The molecule has 2 atom stereocenters. The highest BCUT2D eigenvalue weighted by molar-refractivity contribution is 7.18. The summed E-state index contributed by atoms with van der Waals surface area (Å²) >= 11 is 6.94. The van der Waals surface area contributed by atoms with Crippen molar-refractivity contribution in [1.29, 1.82) is 0 Å².